The number of hydrogen-bond donors (Lipinski definition) is 0. The van der Waals surface area contributed by atoms with Gasteiger partial charge in [-0.25, -0.2) is 0 Å². The van der Waals surface area contributed by atoms with Crippen LogP contribution in [0.3, 0.4) is 0 Å². The van der Waals surface area contributed by atoms with Crippen LogP contribution in [-0.2, 0) is 0 Å². The molecule has 0 N–H and O–H groups in total. The van der Waals surface area contributed by atoms with E-state index in [1.807, 2.05) is 0 Å². The normalized spacial score (nSPS) is 15.5. The molecule has 14 rings (SSSR count). The molecule has 1 atom stereocenters. The van der Waals surface area contributed by atoms with E-state index in [0.717, 1.165) is 5.69 Å². The summed E-state index contributed by atoms with van der Waals surface area (Å²) in [6, 6.07) is 105. The largest absolute Gasteiger partial charge is 0.309 e. The molecule has 1 aliphatic heterocycles. The second-order valence-corrected chi connectivity index (χ2v) is 24.2. The van der Waals surface area contributed by atoms with Crippen molar-refractivity contribution >= 4 is 63.7 Å². The first-order chi connectivity index (χ1) is 34.7. The van der Waals surface area contributed by atoms with Crippen molar-refractivity contribution in [3.8, 4) is 22.5 Å². The summed E-state index contributed by atoms with van der Waals surface area (Å²) in [4.78, 5) is 10.6. The molecule has 3 heterocycles. The van der Waals surface area contributed by atoms with Gasteiger partial charge in [-0.15, -0.1) is 20.1 Å². The first kappa shape index (κ1) is 40.8. The van der Waals surface area contributed by atoms with Gasteiger partial charge in [-0.3, -0.25) is 0 Å². The zero-order valence-electron chi connectivity index (χ0n) is 38.3. The van der Waals surface area contributed by atoms with Gasteiger partial charge in [-0.1, -0.05) is 164 Å². The summed E-state index contributed by atoms with van der Waals surface area (Å²) in [5.41, 5.74) is 9.72. The minimum atomic E-state index is -1.95. The molecular weight excluding hydrogens is 885 g/mol. The van der Waals surface area contributed by atoms with Crippen molar-refractivity contribution < 1.29 is 0 Å². The Bertz CT molecular complexity index is 3990. The van der Waals surface area contributed by atoms with Gasteiger partial charge in [0.2, 0.25) is 0 Å². The van der Waals surface area contributed by atoms with Crippen molar-refractivity contribution in [2.45, 2.75) is 39.2 Å². The highest BCUT2D eigenvalue weighted by Crippen LogP contribution is 2.78. The Kier molecular flexibility index (Phi) is 9.42. The zero-order chi connectivity index (χ0) is 46.2. The van der Waals surface area contributed by atoms with Gasteiger partial charge in [0, 0.05) is 66.4 Å². The number of aromatic nitrogens is 2. The fourth-order valence-corrected chi connectivity index (χ4v) is 19.6. The number of rotatable bonds is 8. The molecule has 11 aromatic carbocycles. The van der Waals surface area contributed by atoms with Crippen LogP contribution in [0.5, 0.6) is 0 Å². The maximum Gasteiger partial charge on any atom is 0.0671 e. The van der Waals surface area contributed by atoms with Gasteiger partial charge in [0.25, 0.3) is 0 Å². The molecular formula is C66H46N2S2. The number of fused-ring (bicyclic) bond motifs is 8. The van der Waals surface area contributed by atoms with E-state index >= 15 is 0 Å². The number of para-hydroxylation sites is 3. The average molecular weight is 931 g/mol. The highest BCUT2D eigenvalue weighted by molar-refractivity contribution is 8.34. The van der Waals surface area contributed by atoms with Crippen LogP contribution in [0, 0.1) is 0 Å². The van der Waals surface area contributed by atoms with Gasteiger partial charge in [-0.05, 0) is 126 Å². The van der Waals surface area contributed by atoms with Crippen molar-refractivity contribution in [2.75, 3.05) is 0 Å². The Morgan fingerprint density at radius 2 is 0.800 bits per heavy atom. The second kappa shape index (κ2) is 16.2. The third-order valence-corrected chi connectivity index (χ3v) is 22.3. The fraction of sp³-hybridized carbons (Fsp3) is 0. The van der Waals surface area contributed by atoms with Gasteiger partial charge < -0.3 is 9.13 Å². The molecule has 1 aliphatic rings. The molecule has 2 aromatic heterocycles. The Balaban J connectivity index is 1.03. The van der Waals surface area contributed by atoms with E-state index in [1.54, 1.807) is 0 Å². The Morgan fingerprint density at radius 3 is 1.49 bits per heavy atom. The van der Waals surface area contributed by atoms with Crippen LogP contribution in [0.4, 0.5) is 0 Å². The summed E-state index contributed by atoms with van der Waals surface area (Å²) in [7, 11) is -3.87. The number of benzene rings is 11. The topological polar surface area (TPSA) is 9.86 Å². The quantitative estimate of drug-likeness (QED) is 0.144. The minimum Gasteiger partial charge on any atom is -0.309 e. The van der Waals surface area contributed by atoms with Crippen LogP contribution in [0.2, 0.25) is 0 Å². The van der Waals surface area contributed by atoms with Crippen LogP contribution in [0.25, 0.3) is 66.1 Å². The molecule has 0 radical (unpaired) electrons. The van der Waals surface area contributed by atoms with Gasteiger partial charge in [0.1, 0.15) is 0 Å². The third-order valence-electron chi connectivity index (χ3n) is 14.5. The number of nitrogens with zero attached hydrogens (tertiary/aromatic N) is 2. The molecule has 0 fully saturated rings. The predicted molar refractivity (Wildman–Crippen MR) is 294 cm³/mol. The van der Waals surface area contributed by atoms with Crippen LogP contribution in [-0.4, -0.2) is 9.13 Å². The van der Waals surface area contributed by atoms with Crippen LogP contribution >= 0.6 is 20.1 Å². The van der Waals surface area contributed by atoms with Crippen molar-refractivity contribution in [1.82, 2.24) is 9.13 Å². The molecule has 1 unspecified atom stereocenters. The maximum atomic E-state index is 2.56. The summed E-state index contributed by atoms with van der Waals surface area (Å²) in [5, 5.41) is 4.99. The first-order valence-corrected chi connectivity index (χ1v) is 27.2. The highest BCUT2D eigenvalue weighted by Gasteiger charge is 2.41. The highest BCUT2D eigenvalue weighted by atomic mass is 32.3. The molecule has 2 nitrogen and oxygen atoms in total. The van der Waals surface area contributed by atoms with E-state index in [9.17, 15) is 0 Å². The molecule has 0 saturated carbocycles. The van der Waals surface area contributed by atoms with Crippen molar-refractivity contribution in [3.05, 3.63) is 279 Å². The molecule has 0 saturated heterocycles. The summed E-state index contributed by atoms with van der Waals surface area (Å²) in [6.45, 7) is 0. The van der Waals surface area contributed by atoms with E-state index < -0.39 is 20.1 Å². The van der Waals surface area contributed by atoms with Crippen LogP contribution in [0.1, 0.15) is 0 Å². The smallest absolute Gasteiger partial charge is 0.0671 e. The monoisotopic (exact) mass is 930 g/mol. The Hall–Kier alpha value is -8.28. The van der Waals surface area contributed by atoms with Crippen molar-refractivity contribution in [2.24, 2.45) is 0 Å². The van der Waals surface area contributed by atoms with Gasteiger partial charge in [0.05, 0.1) is 27.8 Å². The van der Waals surface area contributed by atoms with Crippen molar-refractivity contribution in [3.63, 3.8) is 0 Å². The summed E-state index contributed by atoms with van der Waals surface area (Å²) >= 11 is 0. The van der Waals surface area contributed by atoms with Gasteiger partial charge in [-0.2, -0.15) is 0 Å². The SMILES string of the molecule is c1ccc(-c2ccc(S3(c4ccccc4)c4ccccc4-n4c5ccc(-n6c7ccccc7c7ccc(S(c8ccccc8)(c8ccccc8)c8ccccc8)cc76)cc5c5cccc3c54)cc2)cc1. The van der Waals surface area contributed by atoms with Crippen LogP contribution in [0.15, 0.2) is 318 Å². The van der Waals surface area contributed by atoms with E-state index in [-0.39, 0.29) is 0 Å². The Labute approximate surface area is 411 Å². The van der Waals surface area contributed by atoms with E-state index in [1.165, 1.54) is 99.6 Å². The van der Waals surface area contributed by atoms with E-state index in [4.69, 9.17) is 0 Å². The van der Waals surface area contributed by atoms with E-state index in [0.29, 0.717) is 0 Å². The molecule has 0 aliphatic carbocycles. The van der Waals surface area contributed by atoms with E-state index in [2.05, 4.69) is 288 Å². The Morgan fingerprint density at radius 1 is 0.286 bits per heavy atom. The summed E-state index contributed by atoms with van der Waals surface area (Å²) < 4.78 is 5.08. The number of hydrogen-bond acceptors (Lipinski definition) is 0. The molecule has 0 amide bonds. The second-order valence-electron chi connectivity index (χ2n) is 18.1. The van der Waals surface area contributed by atoms with Gasteiger partial charge in [0.15, 0.2) is 0 Å². The minimum absolute atomic E-state index is 1.14. The molecule has 332 valence electrons. The molecule has 70 heavy (non-hydrogen) atoms. The lowest BCUT2D eigenvalue weighted by Crippen LogP contribution is -2.14. The van der Waals surface area contributed by atoms with Crippen LogP contribution < -0.4 is 0 Å². The zero-order valence-corrected chi connectivity index (χ0v) is 39.9. The maximum absolute atomic E-state index is 2.56. The fourth-order valence-electron chi connectivity index (χ4n) is 11.5. The van der Waals surface area contributed by atoms with Gasteiger partial charge >= 0.3 is 0 Å². The molecule has 13 aromatic rings. The predicted octanol–water partition coefficient (Wildman–Crippen LogP) is 18.5. The molecule has 0 spiro atoms. The average Bonchev–Trinajstić information content (AvgIpc) is 3.96. The lowest BCUT2D eigenvalue weighted by molar-refractivity contribution is 1.06. The van der Waals surface area contributed by atoms with Crippen molar-refractivity contribution in [1.29, 1.82) is 0 Å². The third kappa shape index (κ3) is 5.84. The summed E-state index contributed by atoms with van der Waals surface area (Å²) in [5.74, 6) is 0. The standard InChI is InChI=1S/C66H46N2S2/c1-6-21-47(22-7-1)48-37-40-54(41-38-48)70(53-29-14-5-15-30-53)64-35-19-18-34-62(64)68-61-44-39-49(45-59(61)58-32-20-36-65(70)66(58)68)67-60-33-17-16-31-56(60)57-43-42-55(46-63(57)67)69(50-23-8-2-9-24-50,51-25-10-3-11-26-51)52-27-12-4-13-28-52/h1-46H. The first-order valence-electron chi connectivity index (χ1n) is 24.0. The lowest BCUT2D eigenvalue weighted by Gasteiger charge is -2.46. The molecule has 0 bridgehead atoms. The lowest BCUT2D eigenvalue weighted by atomic mass is 10.1. The summed E-state index contributed by atoms with van der Waals surface area (Å²) in [6.07, 6.45) is 0. The molecule has 4 heteroatoms.